The van der Waals surface area contributed by atoms with E-state index in [0.717, 1.165) is 9.35 Å². The highest BCUT2D eigenvalue weighted by Gasteiger charge is 2.11. The molecule has 0 spiro atoms. The summed E-state index contributed by atoms with van der Waals surface area (Å²) in [6.07, 6.45) is 0. The number of rotatable bonds is 2. The van der Waals surface area contributed by atoms with Gasteiger partial charge in [-0.15, -0.1) is 11.3 Å². The van der Waals surface area contributed by atoms with Gasteiger partial charge in [-0.25, -0.2) is 0 Å². The Kier molecular flexibility index (Phi) is 3.47. The lowest BCUT2D eigenvalue weighted by Gasteiger charge is -2.01. The van der Waals surface area contributed by atoms with E-state index in [9.17, 15) is 4.79 Å². The van der Waals surface area contributed by atoms with Gasteiger partial charge in [0.2, 0.25) is 0 Å². The van der Waals surface area contributed by atoms with Gasteiger partial charge in [-0.3, -0.25) is 4.79 Å². The lowest BCUT2D eigenvalue weighted by molar-refractivity contribution is 0.103. The summed E-state index contributed by atoms with van der Waals surface area (Å²) >= 11 is 10.8. The first-order valence-corrected chi connectivity index (χ1v) is 6.68. The maximum Gasteiger partial charge on any atom is 0.193 e. The standard InChI is InChI=1S/C12H8BrClOS/c1-7-2-3-8(4-10(7)14)12(15)9-5-11(13)16-6-9/h2-6H,1H3. The maximum atomic E-state index is 12.1. The fraction of sp³-hybridized carbons (Fsp3) is 0.0833. The van der Waals surface area contributed by atoms with Crippen LogP contribution < -0.4 is 0 Å². The van der Waals surface area contributed by atoms with Crippen molar-refractivity contribution in [1.29, 1.82) is 0 Å². The Morgan fingerprint density at radius 3 is 2.62 bits per heavy atom. The second kappa shape index (κ2) is 4.70. The second-order valence-corrected chi connectivity index (χ2v) is 6.13. The number of ketones is 1. The highest BCUT2D eigenvalue weighted by atomic mass is 79.9. The molecule has 0 aliphatic rings. The molecular weight excluding hydrogens is 308 g/mol. The van der Waals surface area contributed by atoms with E-state index in [1.54, 1.807) is 12.1 Å². The van der Waals surface area contributed by atoms with Crippen LogP contribution in [0, 0.1) is 6.92 Å². The summed E-state index contributed by atoms with van der Waals surface area (Å²) in [7, 11) is 0. The molecule has 0 saturated carbocycles. The predicted molar refractivity (Wildman–Crippen MR) is 71.6 cm³/mol. The first-order valence-electron chi connectivity index (χ1n) is 4.63. The van der Waals surface area contributed by atoms with Gasteiger partial charge >= 0.3 is 0 Å². The molecule has 1 aromatic heterocycles. The van der Waals surface area contributed by atoms with E-state index in [-0.39, 0.29) is 5.78 Å². The average Bonchev–Trinajstić information content (AvgIpc) is 2.68. The highest BCUT2D eigenvalue weighted by Crippen LogP contribution is 2.24. The number of hydrogen-bond donors (Lipinski definition) is 0. The van der Waals surface area contributed by atoms with Gasteiger partial charge in [0.05, 0.1) is 3.79 Å². The number of thiophene rings is 1. The minimum atomic E-state index is 0.00356. The van der Waals surface area contributed by atoms with Gasteiger partial charge in [-0.05, 0) is 40.5 Å². The quantitative estimate of drug-likeness (QED) is 0.734. The fourth-order valence-corrected chi connectivity index (χ4v) is 2.65. The number of hydrogen-bond acceptors (Lipinski definition) is 2. The molecule has 0 amide bonds. The molecule has 2 aromatic rings. The Hall–Kier alpha value is -0.640. The van der Waals surface area contributed by atoms with E-state index in [1.165, 1.54) is 11.3 Å². The van der Waals surface area contributed by atoms with Crippen LogP contribution in [-0.4, -0.2) is 5.78 Å². The van der Waals surface area contributed by atoms with E-state index in [2.05, 4.69) is 15.9 Å². The van der Waals surface area contributed by atoms with Gasteiger partial charge in [-0.2, -0.15) is 0 Å². The molecular formula is C12H8BrClOS. The van der Waals surface area contributed by atoms with Crippen LogP contribution in [0.3, 0.4) is 0 Å². The molecule has 0 bridgehead atoms. The number of carbonyl (C=O) groups excluding carboxylic acids is 1. The lowest BCUT2D eigenvalue weighted by atomic mass is 10.0. The van der Waals surface area contributed by atoms with Gasteiger partial charge in [0.1, 0.15) is 0 Å². The molecule has 0 aliphatic heterocycles. The van der Waals surface area contributed by atoms with Gasteiger partial charge in [-0.1, -0.05) is 23.7 Å². The molecule has 82 valence electrons. The molecule has 0 N–H and O–H groups in total. The van der Waals surface area contributed by atoms with Crippen LogP contribution in [0.25, 0.3) is 0 Å². The van der Waals surface area contributed by atoms with Crippen LogP contribution in [0.2, 0.25) is 5.02 Å². The Labute approximate surface area is 111 Å². The Balaban J connectivity index is 2.38. The summed E-state index contributed by atoms with van der Waals surface area (Å²) in [5, 5.41) is 2.46. The van der Waals surface area contributed by atoms with Gasteiger partial charge < -0.3 is 0 Å². The van der Waals surface area contributed by atoms with Crippen LogP contribution in [0.15, 0.2) is 33.4 Å². The molecule has 16 heavy (non-hydrogen) atoms. The third-order valence-electron chi connectivity index (χ3n) is 2.26. The SMILES string of the molecule is Cc1ccc(C(=O)c2csc(Br)c2)cc1Cl. The first-order chi connectivity index (χ1) is 7.58. The van der Waals surface area contributed by atoms with Crippen molar-refractivity contribution < 1.29 is 4.79 Å². The van der Waals surface area contributed by atoms with Crippen molar-refractivity contribution in [3.63, 3.8) is 0 Å². The third-order valence-corrected chi connectivity index (χ3v) is 4.18. The average molecular weight is 316 g/mol. The van der Waals surface area contributed by atoms with Crippen molar-refractivity contribution in [2.24, 2.45) is 0 Å². The largest absolute Gasteiger partial charge is 0.289 e. The van der Waals surface area contributed by atoms with Gasteiger partial charge in [0, 0.05) is 21.5 Å². The Bertz CT molecular complexity index is 548. The summed E-state index contributed by atoms with van der Waals surface area (Å²) in [5.74, 6) is 0.00356. The van der Waals surface area contributed by atoms with E-state index >= 15 is 0 Å². The van der Waals surface area contributed by atoms with E-state index < -0.39 is 0 Å². The number of halogens is 2. The molecule has 0 atom stereocenters. The number of aryl methyl sites for hydroxylation is 1. The second-order valence-electron chi connectivity index (χ2n) is 3.43. The smallest absolute Gasteiger partial charge is 0.193 e. The van der Waals surface area contributed by atoms with Crippen molar-refractivity contribution in [2.45, 2.75) is 6.92 Å². The molecule has 4 heteroatoms. The minimum Gasteiger partial charge on any atom is -0.289 e. The van der Waals surface area contributed by atoms with Crippen molar-refractivity contribution >= 4 is 44.7 Å². The summed E-state index contributed by atoms with van der Waals surface area (Å²) in [6, 6.07) is 7.19. The molecule has 0 aliphatic carbocycles. The van der Waals surface area contributed by atoms with E-state index in [1.807, 2.05) is 24.4 Å². The maximum absolute atomic E-state index is 12.1. The molecule has 0 radical (unpaired) electrons. The Morgan fingerprint density at radius 1 is 1.31 bits per heavy atom. The summed E-state index contributed by atoms with van der Waals surface area (Å²) in [5.41, 5.74) is 2.29. The highest BCUT2D eigenvalue weighted by molar-refractivity contribution is 9.11. The van der Waals surface area contributed by atoms with Crippen molar-refractivity contribution in [3.05, 3.63) is 55.1 Å². The zero-order valence-electron chi connectivity index (χ0n) is 8.46. The molecule has 0 saturated heterocycles. The summed E-state index contributed by atoms with van der Waals surface area (Å²) < 4.78 is 0.953. The molecule has 0 fully saturated rings. The summed E-state index contributed by atoms with van der Waals surface area (Å²) in [4.78, 5) is 12.1. The normalized spacial score (nSPS) is 10.4. The topological polar surface area (TPSA) is 17.1 Å². The number of carbonyl (C=O) groups is 1. The van der Waals surface area contributed by atoms with Crippen LogP contribution in [0.4, 0.5) is 0 Å². The van der Waals surface area contributed by atoms with E-state index in [0.29, 0.717) is 16.1 Å². The molecule has 1 nitrogen and oxygen atoms in total. The third kappa shape index (κ3) is 2.37. The Morgan fingerprint density at radius 2 is 2.06 bits per heavy atom. The van der Waals surface area contributed by atoms with Crippen LogP contribution in [0.1, 0.15) is 21.5 Å². The van der Waals surface area contributed by atoms with Crippen LogP contribution in [0.5, 0.6) is 0 Å². The fourth-order valence-electron chi connectivity index (χ4n) is 1.33. The first kappa shape index (κ1) is 11.8. The lowest BCUT2D eigenvalue weighted by Crippen LogP contribution is -1.99. The zero-order valence-corrected chi connectivity index (χ0v) is 11.6. The molecule has 0 unspecified atom stereocenters. The van der Waals surface area contributed by atoms with Crippen LogP contribution in [-0.2, 0) is 0 Å². The van der Waals surface area contributed by atoms with Crippen molar-refractivity contribution in [1.82, 2.24) is 0 Å². The molecule has 2 rings (SSSR count). The minimum absolute atomic E-state index is 0.00356. The summed E-state index contributed by atoms with van der Waals surface area (Å²) in [6.45, 7) is 1.91. The molecule has 1 heterocycles. The zero-order chi connectivity index (χ0) is 11.7. The van der Waals surface area contributed by atoms with Crippen molar-refractivity contribution in [2.75, 3.05) is 0 Å². The predicted octanol–water partition coefficient (Wildman–Crippen LogP) is 4.70. The monoisotopic (exact) mass is 314 g/mol. The van der Waals surface area contributed by atoms with Crippen molar-refractivity contribution in [3.8, 4) is 0 Å². The van der Waals surface area contributed by atoms with Gasteiger partial charge in [0.25, 0.3) is 0 Å². The van der Waals surface area contributed by atoms with Crippen LogP contribution >= 0.6 is 38.9 Å². The number of benzene rings is 1. The molecule has 1 aromatic carbocycles. The van der Waals surface area contributed by atoms with Gasteiger partial charge in [0.15, 0.2) is 5.78 Å². The van der Waals surface area contributed by atoms with E-state index in [4.69, 9.17) is 11.6 Å².